The van der Waals surface area contributed by atoms with Gasteiger partial charge in [-0.1, -0.05) is 31.2 Å². The number of ether oxygens (including phenoxy) is 1. The van der Waals surface area contributed by atoms with E-state index in [-0.39, 0.29) is 12.1 Å². The normalized spacial score (nSPS) is 26.1. The molecule has 4 rings (SSSR count). The van der Waals surface area contributed by atoms with Gasteiger partial charge in [0.1, 0.15) is 5.75 Å². The Morgan fingerprint density at radius 2 is 2.14 bits per heavy atom. The lowest BCUT2D eigenvalue weighted by Crippen LogP contribution is -2.29. The summed E-state index contributed by atoms with van der Waals surface area (Å²) < 4.78 is 6.06. The molecule has 0 spiro atoms. The lowest BCUT2D eigenvalue weighted by atomic mass is 9.80. The van der Waals surface area contributed by atoms with Crippen molar-refractivity contribution in [1.82, 2.24) is 0 Å². The van der Waals surface area contributed by atoms with Crippen LogP contribution in [0.4, 0.5) is 5.69 Å². The minimum atomic E-state index is 0.162. The molecule has 2 heterocycles. The summed E-state index contributed by atoms with van der Waals surface area (Å²) in [6.07, 6.45) is 2.25. The first-order valence-electron chi connectivity index (χ1n) is 8.06. The zero-order chi connectivity index (χ0) is 15.1. The van der Waals surface area contributed by atoms with Crippen LogP contribution in [0.1, 0.15) is 42.2 Å². The van der Waals surface area contributed by atoms with E-state index >= 15 is 0 Å². The first-order chi connectivity index (χ1) is 10.8. The molecule has 3 heteroatoms. The summed E-state index contributed by atoms with van der Waals surface area (Å²) in [5.74, 6) is 0.739. The number of nitrogens with one attached hydrogen (secondary N) is 1. The molecule has 0 bridgehead atoms. The van der Waals surface area contributed by atoms with Crippen LogP contribution in [0.2, 0.25) is 0 Å². The van der Waals surface area contributed by atoms with Crippen LogP contribution in [-0.2, 0) is 11.2 Å². The van der Waals surface area contributed by atoms with Gasteiger partial charge in [0.15, 0.2) is 0 Å². The van der Waals surface area contributed by atoms with E-state index in [1.165, 1.54) is 11.1 Å². The van der Waals surface area contributed by atoms with Gasteiger partial charge in [-0.15, -0.1) is 0 Å². The number of anilines is 1. The van der Waals surface area contributed by atoms with Gasteiger partial charge in [0.05, 0.1) is 12.1 Å². The summed E-state index contributed by atoms with van der Waals surface area (Å²) in [6, 6.07) is 14.4. The third-order valence-electron chi connectivity index (χ3n) is 4.94. The predicted molar refractivity (Wildman–Crippen MR) is 87.1 cm³/mol. The fraction of sp³-hybridized carbons (Fsp3) is 0.368. The molecule has 0 aromatic heterocycles. The summed E-state index contributed by atoms with van der Waals surface area (Å²) >= 11 is 0. The Labute approximate surface area is 130 Å². The topological polar surface area (TPSA) is 41.5 Å². The molecule has 2 aliphatic rings. The fourth-order valence-electron chi connectivity index (χ4n) is 3.79. The van der Waals surface area contributed by atoms with E-state index < -0.39 is 0 Å². The van der Waals surface area contributed by atoms with Gasteiger partial charge in [0, 0.05) is 23.8 Å². The van der Waals surface area contributed by atoms with Crippen LogP contribution >= 0.6 is 0 Å². The van der Waals surface area contributed by atoms with Crippen LogP contribution in [0.5, 0.6) is 5.75 Å². The molecular formula is C19H21NO2. The lowest BCUT2D eigenvalue weighted by molar-refractivity contribution is 0.0828. The van der Waals surface area contributed by atoms with Gasteiger partial charge in [0.25, 0.3) is 0 Å². The monoisotopic (exact) mass is 295 g/mol. The number of aryl methyl sites for hydroxylation is 1. The molecule has 3 atom stereocenters. The summed E-state index contributed by atoms with van der Waals surface area (Å²) in [6.45, 7) is 2.99. The summed E-state index contributed by atoms with van der Waals surface area (Å²) in [5.41, 5.74) is 4.93. The largest absolute Gasteiger partial charge is 0.508 e. The average Bonchev–Trinajstić information content (AvgIpc) is 3.03. The molecule has 3 nitrogen and oxygen atoms in total. The van der Waals surface area contributed by atoms with E-state index in [0.717, 1.165) is 30.7 Å². The Morgan fingerprint density at radius 3 is 2.95 bits per heavy atom. The number of hydrogen-bond acceptors (Lipinski definition) is 3. The number of rotatable bonds is 2. The predicted octanol–water partition coefficient (Wildman–Crippen LogP) is 4.20. The minimum Gasteiger partial charge on any atom is -0.508 e. The van der Waals surface area contributed by atoms with Crippen LogP contribution < -0.4 is 5.32 Å². The molecule has 2 N–H and O–H groups in total. The highest BCUT2D eigenvalue weighted by molar-refractivity contribution is 5.58. The molecule has 1 fully saturated rings. The third kappa shape index (κ3) is 2.17. The van der Waals surface area contributed by atoms with Gasteiger partial charge in [-0.25, -0.2) is 0 Å². The first kappa shape index (κ1) is 13.6. The molecular weight excluding hydrogens is 274 g/mol. The highest BCUT2D eigenvalue weighted by Crippen LogP contribution is 2.50. The Morgan fingerprint density at radius 1 is 1.23 bits per heavy atom. The number of phenols is 1. The van der Waals surface area contributed by atoms with Crippen LogP contribution in [0.15, 0.2) is 42.5 Å². The van der Waals surface area contributed by atoms with E-state index in [2.05, 4.69) is 36.5 Å². The molecule has 0 amide bonds. The van der Waals surface area contributed by atoms with Crippen LogP contribution in [0, 0.1) is 5.92 Å². The van der Waals surface area contributed by atoms with Gasteiger partial charge < -0.3 is 15.2 Å². The second kappa shape index (κ2) is 5.33. The molecule has 0 aliphatic carbocycles. The highest BCUT2D eigenvalue weighted by atomic mass is 16.5. The number of fused-ring (bicyclic) bond motifs is 3. The van der Waals surface area contributed by atoms with Crippen molar-refractivity contribution in [3.05, 3.63) is 59.2 Å². The van der Waals surface area contributed by atoms with Gasteiger partial charge in [-0.2, -0.15) is 0 Å². The SMILES string of the molecule is CCc1ccc2c(c1)[C@H]1OCC[C@H]1C(c1cccc(O)c1)N2. The smallest absolute Gasteiger partial charge is 0.115 e. The van der Waals surface area contributed by atoms with Crippen LogP contribution in [-0.4, -0.2) is 11.7 Å². The molecule has 2 aromatic carbocycles. The number of aromatic hydroxyl groups is 1. The molecule has 114 valence electrons. The number of hydrogen-bond donors (Lipinski definition) is 2. The van der Waals surface area contributed by atoms with E-state index in [1.54, 1.807) is 6.07 Å². The van der Waals surface area contributed by atoms with Gasteiger partial charge in [-0.05, 0) is 42.2 Å². The average molecular weight is 295 g/mol. The second-order valence-corrected chi connectivity index (χ2v) is 6.24. The van der Waals surface area contributed by atoms with Crippen molar-refractivity contribution in [1.29, 1.82) is 0 Å². The van der Waals surface area contributed by atoms with E-state index in [0.29, 0.717) is 11.7 Å². The van der Waals surface area contributed by atoms with Crippen molar-refractivity contribution in [2.24, 2.45) is 5.92 Å². The lowest BCUT2D eigenvalue weighted by Gasteiger charge is -2.36. The van der Waals surface area contributed by atoms with Crippen molar-refractivity contribution in [3.8, 4) is 5.75 Å². The van der Waals surface area contributed by atoms with Gasteiger partial charge >= 0.3 is 0 Å². The molecule has 22 heavy (non-hydrogen) atoms. The summed E-state index contributed by atoms with van der Waals surface area (Å²) in [4.78, 5) is 0. The standard InChI is InChI=1S/C19H21NO2/c1-2-12-6-7-17-16(10-12)19-15(8-9-22-19)18(20-17)13-4-3-5-14(21)11-13/h3-7,10-11,15,18-21H,2,8-9H2,1H3/t15-,18?,19-/m0/s1. The molecule has 2 aromatic rings. The van der Waals surface area contributed by atoms with Gasteiger partial charge in [-0.3, -0.25) is 0 Å². The van der Waals surface area contributed by atoms with Crippen molar-refractivity contribution < 1.29 is 9.84 Å². The Balaban J connectivity index is 1.77. The molecule has 2 aliphatic heterocycles. The quantitative estimate of drug-likeness (QED) is 0.872. The summed E-state index contributed by atoms with van der Waals surface area (Å²) in [7, 11) is 0. The Bertz CT molecular complexity index is 698. The second-order valence-electron chi connectivity index (χ2n) is 6.24. The Hall–Kier alpha value is -2.00. The van der Waals surface area contributed by atoms with Crippen LogP contribution in [0.3, 0.4) is 0 Å². The van der Waals surface area contributed by atoms with E-state index in [9.17, 15) is 5.11 Å². The number of phenolic OH excluding ortho intramolecular Hbond substituents is 1. The van der Waals surface area contributed by atoms with Gasteiger partial charge in [0.2, 0.25) is 0 Å². The van der Waals surface area contributed by atoms with Crippen LogP contribution in [0.25, 0.3) is 0 Å². The zero-order valence-corrected chi connectivity index (χ0v) is 12.8. The highest BCUT2D eigenvalue weighted by Gasteiger charge is 2.41. The first-order valence-corrected chi connectivity index (χ1v) is 8.06. The maximum absolute atomic E-state index is 9.79. The molecule has 0 saturated carbocycles. The van der Waals surface area contributed by atoms with Crippen molar-refractivity contribution in [3.63, 3.8) is 0 Å². The zero-order valence-electron chi connectivity index (χ0n) is 12.8. The number of benzene rings is 2. The Kier molecular flexibility index (Phi) is 3.30. The maximum Gasteiger partial charge on any atom is 0.115 e. The fourth-order valence-corrected chi connectivity index (χ4v) is 3.79. The van der Waals surface area contributed by atoms with E-state index in [1.807, 2.05) is 12.1 Å². The van der Waals surface area contributed by atoms with Crippen molar-refractivity contribution >= 4 is 5.69 Å². The third-order valence-corrected chi connectivity index (χ3v) is 4.94. The molecule has 1 saturated heterocycles. The maximum atomic E-state index is 9.79. The summed E-state index contributed by atoms with van der Waals surface area (Å²) in [5, 5.41) is 13.5. The molecule has 0 radical (unpaired) electrons. The molecule has 1 unspecified atom stereocenters. The van der Waals surface area contributed by atoms with Crippen molar-refractivity contribution in [2.45, 2.75) is 31.9 Å². The van der Waals surface area contributed by atoms with Crippen molar-refractivity contribution in [2.75, 3.05) is 11.9 Å². The van der Waals surface area contributed by atoms with E-state index in [4.69, 9.17) is 4.74 Å². The minimum absolute atomic E-state index is 0.162.